The molecule has 1 aliphatic rings. The zero-order valence-electron chi connectivity index (χ0n) is 15.3. The van der Waals surface area contributed by atoms with Gasteiger partial charge in [-0.25, -0.2) is 9.78 Å². The minimum absolute atomic E-state index is 0.0718. The number of nitrogens with one attached hydrogen (secondary N) is 1. The number of aromatic nitrogens is 1. The molecule has 0 bridgehead atoms. The summed E-state index contributed by atoms with van der Waals surface area (Å²) in [5, 5.41) is 3.39. The van der Waals surface area contributed by atoms with E-state index in [4.69, 9.17) is 16.0 Å². The first-order valence-corrected chi connectivity index (χ1v) is 9.35. The summed E-state index contributed by atoms with van der Waals surface area (Å²) in [5.74, 6) is 0.497. The van der Waals surface area contributed by atoms with Crippen LogP contribution in [-0.4, -0.2) is 52.9 Å². The lowest BCUT2D eigenvalue weighted by molar-refractivity contribution is 0.0672. The zero-order valence-corrected chi connectivity index (χ0v) is 16.1. The Balaban J connectivity index is 1.37. The molecule has 4 rings (SSSR count). The van der Waals surface area contributed by atoms with Gasteiger partial charge < -0.3 is 19.5 Å². The molecule has 0 aliphatic carbocycles. The number of carbonyl (C=O) groups is 2. The van der Waals surface area contributed by atoms with E-state index in [9.17, 15) is 9.59 Å². The lowest BCUT2D eigenvalue weighted by Crippen LogP contribution is -2.51. The summed E-state index contributed by atoms with van der Waals surface area (Å²) in [7, 11) is 0. The van der Waals surface area contributed by atoms with Crippen molar-refractivity contribution in [1.29, 1.82) is 0 Å². The molecule has 144 valence electrons. The molecular formula is C20H19ClN4O3. The van der Waals surface area contributed by atoms with Gasteiger partial charge >= 0.3 is 6.03 Å². The van der Waals surface area contributed by atoms with E-state index in [-0.39, 0.29) is 11.9 Å². The number of carbonyl (C=O) groups excluding carboxylic acids is 2. The van der Waals surface area contributed by atoms with Gasteiger partial charge in [-0.15, -0.1) is 0 Å². The quantitative estimate of drug-likeness (QED) is 0.712. The molecule has 7 nitrogen and oxygen atoms in total. The third kappa shape index (κ3) is 3.80. The zero-order chi connectivity index (χ0) is 19.7. The molecule has 8 heteroatoms. The van der Waals surface area contributed by atoms with E-state index in [0.29, 0.717) is 59.4 Å². The van der Waals surface area contributed by atoms with Crippen LogP contribution in [0.25, 0.3) is 11.1 Å². The van der Waals surface area contributed by atoms with Gasteiger partial charge in [0.1, 0.15) is 5.52 Å². The topological polar surface area (TPSA) is 78.7 Å². The molecular weight excluding hydrogens is 380 g/mol. The summed E-state index contributed by atoms with van der Waals surface area (Å²) in [6.07, 6.45) is 0. The van der Waals surface area contributed by atoms with Crippen LogP contribution >= 0.6 is 11.6 Å². The van der Waals surface area contributed by atoms with Crippen LogP contribution in [0.3, 0.4) is 0 Å². The summed E-state index contributed by atoms with van der Waals surface area (Å²) >= 11 is 5.94. The maximum atomic E-state index is 12.8. The Morgan fingerprint density at radius 1 is 1.07 bits per heavy atom. The predicted octanol–water partition coefficient (Wildman–Crippen LogP) is 3.78. The Morgan fingerprint density at radius 3 is 2.57 bits per heavy atom. The minimum Gasteiger partial charge on any atom is -0.441 e. The maximum Gasteiger partial charge on any atom is 0.321 e. The lowest BCUT2D eigenvalue weighted by atomic mass is 10.1. The van der Waals surface area contributed by atoms with Crippen molar-refractivity contribution in [3.05, 3.63) is 58.9 Å². The number of fused-ring (bicyclic) bond motifs is 1. The fraction of sp³-hybridized carbons (Fsp3) is 0.250. The number of piperazine rings is 1. The molecule has 0 unspecified atom stereocenters. The van der Waals surface area contributed by atoms with Crippen molar-refractivity contribution in [2.75, 3.05) is 31.5 Å². The average Bonchev–Trinajstić information content (AvgIpc) is 3.06. The SMILES string of the molecule is Cc1nc2cc(C(=O)N3CCN(C(=O)Nc4cccc(Cl)c4)CC3)ccc2o1. The average molecular weight is 399 g/mol. The van der Waals surface area contributed by atoms with E-state index < -0.39 is 0 Å². The Hall–Kier alpha value is -3.06. The molecule has 2 aromatic carbocycles. The summed E-state index contributed by atoms with van der Waals surface area (Å²) in [4.78, 5) is 32.9. The van der Waals surface area contributed by atoms with E-state index in [1.54, 1.807) is 59.2 Å². The molecule has 0 atom stereocenters. The van der Waals surface area contributed by atoms with Gasteiger partial charge in [-0.3, -0.25) is 4.79 Å². The first-order valence-electron chi connectivity index (χ1n) is 8.97. The fourth-order valence-corrected chi connectivity index (χ4v) is 3.43. The van der Waals surface area contributed by atoms with Gasteiger partial charge in [0.25, 0.3) is 5.91 Å². The number of anilines is 1. The Labute approximate surface area is 166 Å². The van der Waals surface area contributed by atoms with Crippen molar-refractivity contribution in [2.45, 2.75) is 6.92 Å². The fourth-order valence-electron chi connectivity index (χ4n) is 3.24. The predicted molar refractivity (Wildman–Crippen MR) is 107 cm³/mol. The monoisotopic (exact) mass is 398 g/mol. The van der Waals surface area contributed by atoms with Crippen LogP contribution in [0, 0.1) is 6.92 Å². The Bertz CT molecular complexity index is 1040. The van der Waals surface area contributed by atoms with Crippen LogP contribution in [0.15, 0.2) is 46.9 Å². The standard InChI is InChI=1S/C20H19ClN4O3/c1-13-22-17-11-14(5-6-18(17)28-13)19(26)24-7-9-25(10-8-24)20(27)23-16-4-2-3-15(21)12-16/h2-6,11-12H,7-10H2,1H3,(H,23,27). The molecule has 0 spiro atoms. The van der Waals surface area contributed by atoms with Gasteiger partial charge in [-0.05, 0) is 36.4 Å². The number of halogens is 1. The molecule has 1 aliphatic heterocycles. The second kappa shape index (κ2) is 7.52. The Morgan fingerprint density at radius 2 is 1.82 bits per heavy atom. The van der Waals surface area contributed by atoms with E-state index in [1.165, 1.54) is 0 Å². The second-order valence-corrected chi connectivity index (χ2v) is 7.07. The Kier molecular flexibility index (Phi) is 4.92. The summed E-state index contributed by atoms with van der Waals surface area (Å²) < 4.78 is 5.45. The van der Waals surface area contributed by atoms with E-state index in [2.05, 4.69) is 10.3 Å². The molecule has 3 aromatic rings. The molecule has 0 radical (unpaired) electrons. The molecule has 1 N–H and O–H groups in total. The second-order valence-electron chi connectivity index (χ2n) is 6.64. The highest BCUT2D eigenvalue weighted by atomic mass is 35.5. The molecule has 1 saturated heterocycles. The largest absolute Gasteiger partial charge is 0.441 e. The maximum absolute atomic E-state index is 12.8. The highest BCUT2D eigenvalue weighted by Gasteiger charge is 2.25. The highest BCUT2D eigenvalue weighted by Crippen LogP contribution is 2.19. The number of amides is 3. The van der Waals surface area contributed by atoms with Gasteiger partial charge in [0.2, 0.25) is 0 Å². The van der Waals surface area contributed by atoms with Crippen molar-refractivity contribution in [3.8, 4) is 0 Å². The number of rotatable bonds is 2. The van der Waals surface area contributed by atoms with Crippen molar-refractivity contribution >= 4 is 40.3 Å². The first kappa shape index (κ1) is 18.3. The van der Waals surface area contributed by atoms with Gasteiger partial charge in [-0.2, -0.15) is 0 Å². The number of nitrogens with zero attached hydrogens (tertiary/aromatic N) is 3. The van der Waals surface area contributed by atoms with E-state index >= 15 is 0 Å². The van der Waals surface area contributed by atoms with Gasteiger partial charge in [0.15, 0.2) is 11.5 Å². The smallest absolute Gasteiger partial charge is 0.321 e. The van der Waals surface area contributed by atoms with Crippen LogP contribution in [0.2, 0.25) is 5.02 Å². The minimum atomic E-state index is -0.200. The van der Waals surface area contributed by atoms with Crippen LogP contribution in [0.1, 0.15) is 16.2 Å². The van der Waals surface area contributed by atoms with Crippen LogP contribution in [0.4, 0.5) is 10.5 Å². The van der Waals surface area contributed by atoms with Crippen molar-refractivity contribution < 1.29 is 14.0 Å². The molecule has 0 saturated carbocycles. The van der Waals surface area contributed by atoms with E-state index in [1.807, 2.05) is 0 Å². The number of urea groups is 1. The normalized spacial score (nSPS) is 14.4. The van der Waals surface area contributed by atoms with Gasteiger partial charge in [0.05, 0.1) is 0 Å². The van der Waals surface area contributed by atoms with Crippen LogP contribution in [-0.2, 0) is 0 Å². The van der Waals surface area contributed by atoms with Crippen LogP contribution < -0.4 is 5.32 Å². The lowest BCUT2D eigenvalue weighted by Gasteiger charge is -2.34. The number of oxazole rings is 1. The number of hydrogen-bond acceptors (Lipinski definition) is 4. The third-order valence-electron chi connectivity index (χ3n) is 4.67. The summed E-state index contributed by atoms with van der Waals surface area (Å²) in [5.41, 5.74) is 2.55. The number of aryl methyl sites for hydroxylation is 1. The highest BCUT2D eigenvalue weighted by molar-refractivity contribution is 6.30. The van der Waals surface area contributed by atoms with Crippen molar-refractivity contribution in [2.24, 2.45) is 0 Å². The van der Waals surface area contributed by atoms with Crippen molar-refractivity contribution in [3.63, 3.8) is 0 Å². The molecule has 2 heterocycles. The molecule has 3 amide bonds. The summed E-state index contributed by atoms with van der Waals surface area (Å²) in [6, 6.07) is 12.1. The molecule has 1 fully saturated rings. The first-order chi connectivity index (χ1) is 13.5. The number of hydrogen-bond donors (Lipinski definition) is 1. The van der Waals surface area contributed by atoms with E-state index in [0.717, 1.165) is 0 Å². The van der Waals surface area contributed by atoms with Gasteiger partial charge in [-0.1, -0.05) is 17.7 Å². The summed E-state index contributed by atoms with van der Waals surface area (Å²) in [6.45, 7) is 3.64. The van der Waals surface area contributed by atoms with Gasteiger partial charge in [0, 0.05) is 49.4 Å². The molecule has 28 heavy (non-hydrogen) atoms. The van der Waals surface area contributed by atoms with Crippen LogP contribution in [0.5, 0.6) is 0 Å². The molecule has 1 aromatic heterocycles. The third-order valence-corrected chi connectivity index (χ3v) is 4.91. The number of benzene rings is 2. The van der Waals surface area contributed by atoms with Crippen molar-refractivity contribution in [1.82, 2.24) is 14.8 Å².